The van der Waals surface area contributed by atoms with E-state index in [1.165, 1.54) is 17.1 Å². The highest BCUT2D eigenvalue weighted by atomic mass is 32.2. The minimum Gasteiger partial charge on any atom is -0.490 e. The molecular weight excluding hydrogens is 388 g/mol. The van der Waals surface area contributed by atoms with Crippen LogP contribution in [0.1, 0.15) is 43.7 Å². The van der Waals surface area contributed by atoms with Crippen molar-refractivity contribution in [3.05, 3.63) is 60.2 Å². The van der Waals surface area contributed by atoms with Crippen LogP contribution in [0.4, 0.5) is 0 Å². The monoisotopic (exact) mass is 414 g/mol. The molecule has 4 rings (SSSR count). The average Bonchev–Trinajstić information content (AvgIpc) is 3.15. The molecule has 1 aliphatic heterocycles. The van der Waals surface area contributed by atoms with Gasteiger partial charge in [-0.25, -0.2) is 8.42 Å². The molecule has 0 aromatic heterocycles. The second-order valence-corrected chi connectivity index (χ2v) is 9.48. The zero-order valence-corrected chi connectivity index (χ0v) is 17.1. The molecule has 1 saturated carbocycles. The number of ether oxygens (including phenoxy) is 1. The number of nitrogens with one attached hydrogen (secondary N) is 1. The van der Waals surface area contributed by atoms with Gasteiger partial charge in [0, 0.05) is 19.5 Å². The molecule has 2 aromatic rings. The minimum atomic E-state index is -3.76. The SMILES string of the molecule is O=C1C[C@@H](c2ccccc2)N(S(=O)(=O)c2ccc(OC3CCCC3)cc2)CCN1. The fourth-order valence-electron chi connectivity index (χ4n) is 4.08. The standard InChI is InChI=1S/C22H26N2O4S/c25-22-16-21(17-6-2-1-3-7-17)24(15-14-23-22)29(26,27)20-12-10-19(11-13-20)28-18-8-4-5-9-18/h1-3,6-7,10-13,18,21H,4-5,8-9,14-16H2,(H,23,25)/t21-/m0/s1. The van der Waals surface area contributed by atoms with E-state index >= 15 is 0 Å². The molecule has 2 aromatic carbocycles. The Morgan fingerprint density at radius 1 is 0.966 bits per heavy atom. The summed E-state index contributed by atoms with van der Waals surface area (Å²) in [5, 5.41) is 2.78. The van der Waals surface area contributed by atoms with E-state index in [1.54, 1.807) is 24.3 Å². The molecule has 154 valence electrons. The lowest BCUT2D eigenvalue weighted by atomic mass is 10.0. The molecule has 0 radical (unpaired) electrons. The van der Waals surface area contributed by atoms with Gasteiger partial charge >= 0.3 is 0 Å². The topological polar surface area (TPSA) is 75.7 Å². The van der Waals surface area contributed by atoms with Gasteiger partial charge < -0.3 is 10.1 Å². The summed E-state index contributed by atoms with van der Waals surface area (Å²) in [5.74, 6) is 0.556. The maximum Gasteiger partial charge on any atom is 0.243 e. The molecule has 1 N–H and O–H groups in total. The van der Waals surface area contributed by atoms with E-state index in [4.69, 9.17) is 4.74 Å². The molecule has 2 fully saturated rings. The Hall–Kier alpha value is -2.38. The number of sulfonamides is 1. The van der Waals surface area contributed by atoms with Crippen LogP contribution in [0, 0.1) is 0 Å². The molecule has 0 unspecified atom stereocenters. The largest absolute Gasteiger partial charge is 0.490 e. The lowest BCUT2D eigenvalue weighted by Gasteiger charge is -2.28. The lowest BCUT2D eigenvalue weighted by molar-refractivity contribution is -0.121. The van der Waals surface area contributed by atoms with Crippen molar-refractivity contribution in [3.8, 4) is 5.75 Å². The average molecular weight is 415 g/mol. The Labute approximate surface area is 171 Å². The maximum atomic E-state index is 13.4. The molecule has 0 spiro atoms. The Kier molecular flexibility index (Phi) is 5.87. The first kappa shape index (κ1) is 19.9. The lowest BCUT2D eigenvalue weighted by Crippen LogP contribution is -2.36. The molecule has 29 heavy (non-hydrogen) atoms. The van der Waals surface area contributed by atoms with Crippen LogP contribution in [-0.4, -0.2) is 37.8 Å². The molecule has 0 bridgehead atoms. The Balaban J connectivity index is 1.60. The van der Waals surface area contributed by atoms with Crippen LogP contribution in [0.3, 0.4) is 0 Å². The molecule has 1 amide bonds. The third-order valence-corrected chi connectivity index (χ3v) is 7.52. The molecule has 1 heterocycles. The van der Waals surface area contributed by atoms with Gasteiger partial charge in [-0.3, -0.25) is 4.79 Å². The van der Waals surface area contributed by atoms with Gasteiger partial charge in [-0.2, -0.15) is 4.31 Å². The zero-order valence-electron chi connectivity index (χ0n) is 16.3. The van der Waals surface area contributed by atoms with Gasteiger partial charge in [0.05, 0.1) is 17.0 Å². The maximum absolute atomic E-state index is 13.4. The predicted octanol–water partition coefficient (Wildman–Crippen LogP) is 3.26. The van der Waals surface area contributed by atoms with Crippen molar-refractivity contribution < 1.29 is 17.9 Å². The second kappa shape index (κ2) is 8.55. The normalized spacial score (nSPS) is 21.5. The van der Waals surface area contributed by atoms with E-state index in [0.29, 0.717) is 12.3 Å². The molecular formula is C22H26N2O4S. The van der Waals surface area contributed by atoms with Crippen LogP contribution in [0.5, 0.6) is 5.75 Å². The van der Waals surface area contributed by atoms with Gasteiger partial charge in [0.1, 0.15) is 5.75 Å². The highest BCUT2D eigenvalue weighted by molar-refractivity contribution is 7.89. The van der Waals surface area contributed by atoms with Gasteiger partial charge in [0.25, 0.3) is 0 Å². The van der Waals surface area contributed by atoms with Gasteiger partial charge in [-0.15, -0.1) is 0 Å². The van der Waals surface area contributed by atoms with E-state index in [2.05, 4.69) is 5.32 Å². The first-order valence-corrected chi connectivity index (χ1v) is 11.6. The number of benzene rings is 2. The Morgan fingerprint density at radius 2 is 1.66 bits per heavy atom. The summed E-state index contributed by atoms with van der Waals surface area (Å²) in [6, 6.07) is 15.4. The number of nitrogens with zero attached hydrogens (tertiary/aromatic N) is 1. The Bertz CT molecular complexity index is 939. The third kappa shape index (κ3) is 4.46. The third-order valence-electron chi connectivity index (χ3n) is 5.60. The number of hydrogen-bond donors (Lipinski definition) is 1. The first-order chi connectivity index (χ1) is 14.0. The number of rotatable bonds is 5. The first-order valence-electron chi connectivity index (χ1n) is 10.1. The summed E-state index contributed by atoms with van der Waals surface area (Å²) in [5.41, 5.74) is 0.814. The van der Waals surface area contributed by atoms with E-state index in [0.717, 1.165) is 18.4 Å². The number of carbonyl (C=O) groups excluding carboxylic acids is 1. The Morgan fingerprint density at radius 3 is 2.34 bits per heavy atom. The number of hydrogen-bond acceptors (Lipinski definition) is 4. The van der Waals surface area contributed by atoms with Crippen molar-refractivity contribution in [2.75, 3.05) is 13.1 Å². The molecule has 7 heteroatoms. The van der Waals surface area contributed by atoms with Crippen molar-refractivity contribution in [1.82, 2.24) is 9.62 Å². The van der Waals surface area contributed by atoms with Crippen LogP contribution < -0.4 is 10.1 Å². The van der Waals surface area contributed by atoms with Gasteiger partial charge in [0.2, 0.25) is 15.9 Å². The molecule has 1 atom stereocenters. The summed E-state index contributed by atoms with van der Waals surface area (Å²) >= 11 is 0. The highest BCUT2D eigenvalue weighted by Gasteiger charge is 2.35. The van der Waals surface area contributed by atoms with E-state index in [-0.39, 0.29) is 29.9 Å². The number of amides is 1. The van der Waals surface area contributed by atoms with Crippen molar-refractivity contribution in [3.63, 3.8) is 0 Å². The van der Waals surface area contributed by atoms with Crippen LogP contribution in [0.15, 0.2) is 59.5 Å². The quantitative estimate of drug-likeness (QED) is 0.815. The highest BCUT2D eigenvalue weighted by Crippen LogP contribution is 2.32. The minimum absolute atomic E-state index is 0.103. The van der Waals surface area contributed by atoms with Crippen LogP contribution in [0.2, 0.25) is 0 Å². The molecule has 6 nitrogen and oxygen atoms in total. The van der Waals surface area contributed by atoms with Crippen LogP contribution in [-0.2, 0) is 14.8 Å². The number of carbonyl (C=O) groups is 1. The molecule has 1 aliphatic carbocycles. The second-order valence-electron chi connectivity index (χ2n) is 7.59. The summed E-state index contributed by atoms with van der Waals surface area (Å²) in [6.45, 7) is 0.526. The fourth-order valence-corrected chi connectivity index (χ4v) is 5.70. The summed E-state index contributed by atoms with van der Waals surface area (Å²) < 4.78 is 34.3. The zero-order chi connectivity index (χ0) is 20.3. The van der Waals surface area contributed by atoms with Gasteiger partial charge in [0.15, 0.2) is 0 Å². The predicted molar refractivity (Wildman–Crippen MR) is 110 cm³/mol. The van der Waals surface area contributed by atoms with Crippen molar-refractivity contribution in [2.45, 2.75) is 49.1 Å². The van der Waals surface area contributed by atoms with E-state index < -0.39 is 16.1 Å². The van der Waals surface area contributed by atoms with Crippen LogP contribution in [0.25, 0.3) is 0 Å². The summed E-state index contributed by atoms with van der Waals surface area (Å²) in [7, 11) is -3.76. The smallest absolute Gasteiger partial charge is 0.243 e. The summed E-state index contributed by atoms with van der Waals surface area (Å²) in [6.07, 6.45) is 4.79. The van der Waals surface area contributed by atoms with Gasteiger partial charge in [-0.1, -0.05) is 30.3 Å². The van der Waals surface area contributed by atoms with Crippen LogP contribution >= 0.6 is 0 Å². The summed E-state index contributed by atoms with van der Waals surface area (Å²) in [4.78, 5) is 12.4. The van der Waals surface area contributed by atoms with E-state index in [1.807, 2.05) is 30.3 Å². The van der Waals surface area contributed by atoms with Crippen molar-refractivity contribution >= 4 is 15.9 Å². The van der Waals surface area contributed by atoms with E-state index in [9.17, 15) is 13.2 Å². The fraction of sp³-hybridized carbons (Fsp3) is 0.409. The molecule has 1 saturated heterocycles. The van der Waals surface area contributed by atoms with Crippen molar-refractivity contribution in [1.29, 1.82) is 0 Å². The van der Waals surface area contributed by atoms with Crippen molar-refractivity contribution in [2.24, 2.45) is 0 Å². The molecule has 2 aliphatic rings. The van der Waals surface area contributed by atoms with Gasteiger partial charge in [-0.05, 0) is 55.5 Å².